The molecule has 182 valence electrons. The van der Waals surface area contributed by atoms with Gasteiger partial charge in [0.05, 0.1) is 20.2 Å². The largest absolute Gasteiger partial charge is 0.494 e. The average molecular weight is 469 g/mol. The number of unbranched alkanes of at least 4 members (excludes halogenated alkanes) is 6. The first kappa shape index (κ1) is 27.2. The molecule has 0 aromatic heterocycles. The van der Waals surface area contributed by atoms with Gasteiger partial charge in [-0.2, -0.15) is 0 Å². The summed E-state index contributed by atoms with van der Waals surface area (Å²) in [6.07, 6.45) is 11.2. The van der Waals surface area contributed by atoms with Gasteiger partial charge >= 0.3 is 5.97 Å². The standard InChI is InChI=1S/C29H44O3Si/c1-6-8-10-11-12-13-23-31-26-19-21-27(22-20-26)32-29(30)25-17-15-24(16-18-25)28(14-9-7-2)33(3,4)5/h15-22,28H,6-14,23H2,1-5H3. The van der Waals surface area contributed by atoms with Crippen molar-refractivity contribution in [1.82, 2.24) is 0 Å². The van der Waals surface area contributed by atoms with Crippen molar-refractivity contribution >= 4 is 14.0 Å². The van der Waals surface area contributed by atoms with Crippen molar-refractivity contribution in [1.29, 1.82) is 0 Å². The van der Waals surface area contributed by atoms with E-state index in [4.69, 9.17) is 9.47 Å². The molecule has 0 aliphatic rings. The van der Waals surface area contributed by atoms with Crippen LogP contribution >= 0.6 is 0 Å². The first-order valence-corrected chi connectivity index (χ1v) is 16.5. The van der Waals surface area contributed by atoms with Gasteiger partial charge in [0.15, 0.2) is 0 Å². The Kier molecular flexibility index (Phi) is 11.7. The Morgan fingerprint density at radius 3 is 1.94 bits per heavy atom. The number of carbonyl (C=O) groups is 1. The first-order valence-electron chi connectivity index (χ1n) is 12.9. The first-order chi connectivity index (χ1) is 15.8. The number of esters is 1. The summed E-state index contributed by atoms with van der Waals surface area (Å²) in [6, 6.07) is 15.4. The third-order valence-corrected chi connectivity index (χ3v) is 8.95. The fourth-order valence-corrected chi connectivity index (χ4v) is 6.46. The molecule has 0 N–H and O–H groups in total. The van der Waals surface area contributed by atoms with Crippen LogP contribution in [-0.4, -0.2) is 20.7 Å². The second-order valence-electron chi connectivity index (χ2n) is 10.2. The van der Waals surface area contributed by atoms with Gasteiger partial charge < -0.3 is 9.47 Å². The molecule has 2 rings (SSSR count). The van der Waals surface area contributed by atoms with Gasteiger partial charge in [0.1, 0.15) is 11.5 Å². The van der Waals surface area contributed by atoms with Crippen LogP contribution in [-0.2, 0) is 0 Å². The molecule has 0 radical (unpaired) electrons. The lowest BCUT2D eigenvalue weighted by molar-refractivity contribution is 0.0734. The van der Waals surface area contributed by atoms with Crippen molar-refractivity contribution in [2.24, 2.45) is 0 Å². The molecule has 2 aromatic carbocycles. The zero-order chi connectivity index (χ0) is 24.1. The van der Waals surface area contributed by atoms with Gasteiger partial charge in [0.25, 0.3) is 0 Å². The molecular weight excluding hydrogens is 424 g/mol. The third kappa shape index (κ3) is 9.75. The van der Waals surface area contributed by atoms with Crippen molar-refractivity contribution in [3.05, 3.63) is 59.7 Å². The number of rotatable bonds is 15. The molecule has 0 aliphatic carbocycles. The second kappa shape index (κ2) is 14.2. The van der Waals surface area contributed by atoms with E-state index in [1.54, 1.807) is 12.1 Å². The molecule has 2 aromatic rings. The lowest BCUT2D eigenvalue weighted by Crippen LogP contribution is -2.31. The van der Waals surface area contributed by atoms with Crippen LogP contribution in [0.5, 0.6) is 11.5 Å². The second-order valence-corrected chi connectivity index (χ2v) is 15.6. The smallest absolute Gasteiger partial charge is 0.343 e. The molecule has 1 atom stereocenters. The van der Waals surface area contributed by atoms with Crippen molar-refractivity contribution in [3.8, 4) is 11.5 Å². The van der Waals surface area contributed by atoms with Gasteiger partial charge in [-0.25, -0.2) is 4.79 Å². The van der Waals surface area contributed by atoms with E-state index in [1.807, 2.05) is 24.3 Å². The number of hydrogen-bond acceptors (Lipinski definition) is 3. The quantitative estimate of drug-likeness (QED) is 0.113. The molecule has 3 nitrogen and oxygen atoms in total. The lowest BCUT2D eigenvalue weighted by atomic mass is 10.0. The summed E-state index contributed by atoms with van der Waals surface area (Å²) in [7, 11) is -1.32. The fourth-order valence-electron chi connectivity index (χ4n) is 4.20. The van der Waals surface area contributed by atoms with Crippen molar-refractivity contribution in [2.75, 3.05) is 6.61 Å². The van der Waals surface area contributed by atoms with E-state index in [-0.39, 0.29) is 5.97 Å². The van der Waals surface area contributed by atoms with Crippen molar-refractivity contribution in [2.45, 2.75) is 96.8 Å². The molecule has 33 heavy (non-hydrogen) atoms. The SMILES string of the molecule is CCCCCCCCOc1ccc(OC(=O)c2ccc(C(CCCC)[Si](C)(C)C)cc2)cc1. The van der Waals surface area contributed by atoms with Crippen molar-refractivity contribution in [3.63, 3.8) is 0 Å². The molecule has 0 bridgehead atoms. The minimum atomic E-state index is -1.32. The van der Waals surface area contributed by atoms with Crippen LogP contribution in [0, 0.1) is 0 Å². The Morgan fingerprint density at radius 2 is 1.33 bits per heavy atom. The van der Waals surface area contributed by atoms with E-state index < -0.39 is 8.07 Å². The van der Waals surface area contributed by atoms with Crippen LogP contribution in [0.2, 0.25) is 19.6 Å². The monoisotopic (exact) mass is 468 g/mol. The maximum atomic E-state index is 12.6. The van der Waals surface area contributed by atoms with E-state index >= 15 is 0 Å². The molecule has 1 unspecified atom stereocenters. The highest BCUT2D eigenvalue weighted by Crippen LogP contribution is 2.32. The highest BCUT2D eigenvalue weighted by molar-refractivity contribution is 6.77. The number of hydrogen-bond donors (Lipinski definition) is 0. The topological polar surface area (TPSA) is 35.5 Å². The summed E-state index contributed by atoms with van der Waals surface area (Å²) in [4.78, 5) is 12.6. The van der Waals surface area contributed by atoms with Gasteiger partial charge in [-0.05, 0) is 60.3 Å². The Balaban J connectivity index is 1.85. The highest BCUT2D eigenvalue weighted by Gasteiger charge is 2.27. The summed E-state index contributed by atoms with van der Waals surface area (Å²) in [5.41, 5.74) is 2.56. The van der Waals surface area contributed by atoms with Crippen LogP contribution in [0.15, 0.2) is 48.5 Å². The predicted molar refractivity (Wildman–Crippen MR) is 142 cm³/mol. The van der Waals surface area contributed by atoms with Crippen molar-refractivity contribution < 1.29 is 14.3 Å². The number of benzene rings is 2. The molecule has 0 saturated carbocycles. The van der Waals surface area contributed by atoms with Crippen LogP contribution in [0.4, 0.5) is 0 Å². The van der Waals surface area contributed by atoms with E-state index in [0.717, 1.165) is 18.8 Å². The summed E-state index contributed by atoms with van der Waals surface area (Å²) in [5, 5.41) is 0. The normalized spacial score (nSPS) is 12.4. The fraction of sp³-hybridized carbons (Fsp3) is 0.552. The van der Waals surface area contributed by atoms with E-state index in [1.165, 1.54) is 56.9 Å². The van der Waals surface area contributed by atoms with Crippen LogP contribution in [0.25, 0.3) is 0 Å². The Hall–Kier alpha value is -2.07. The minimum Gasteiger partial charge on any atom is -0.494 e. The zero-order valence-electron chi connectivity index (χ0n) is 21.5. The van der Waals surface area contributed by atoms with Crippen LogP contribution in [0.3, 0.4) is 0 Å². The Bertz CT molecular complexity index is 806. The van der Waals surface area contributed by atoms with Gasteiger partial charge in [-0.1, -0.05) is 90.6 Å². The zero-order valence-corrected chi connectivity index (χ0v) is 22.5. The average Bonchev–Trinajstić information content (AvgIpc) is 2.79. The molecule has 0 amide bonds. The minimum absolute atomic E-state index is 0.319. The summed E-state index contributed by atoms with van der Waals surface area (Å²) >= 11 is 0. The number of carbonyl (C=O) groups excluding carboxylic acids is 1. The van der Waals surface area contributed by atoms with E-state index in [2.05, 4.69) is 45.6 Å². The molecule has 4 heteroatoms. The summed E-state index contributed by atoms with van der Waals surface area (Å²) in [5.74, 6) is 1.04. The lowest BCUT2D eigenvalue weighted by Gasteiger charge is -2.29. The van der Waals surface area contributed by atoms with Gasteiger partial charge in [0.2, 0.25) is 0 Å². The molecule has 0 aliphatic heterocycles. The molecule has 0 heterocycles. The molecule has 0 spiro atoms. The summed E-state index contributed by atoms with van der Waals surface area (Å²) in [6.45, 7) is 12.5. The summed E-state index contributed by atoms with van der Waals surface area (Å²) < 4.78 is 11.4. The molecule has 0 fully saturated rings. The predicted octanol–water partition coefficient (Wildman–Crippen LogP) is 8.80. The van der Waals surface area contributed by atoms with Crippen LogP contribution < -0.4 is 9.47 Å². The van der Waals surface area contributed by atoms with E-state index in [0.29, 0.717) is 16.9 Å². The molecule has 0 saturated heterocycles. The van der Waals surface area contributed by atoms with Gasteiger partial charge in [-0.3, -0.25) is 0 Å². The maximum absolute atomic E-state index is 12.6. The van der Waals surface area contributed by atoms with Gasteiger partial charge in [0, 0.05) is 0 Å². The molecular formula is C29H44O3Si. The Labute approximate surface area is 202 Å². The maximum Gasteiger partial charge on any atom is 0.343 e. The Morgan fingerprint density at radius 1 is 0.758 bits per heavy atom. The van der Waals surface area contributed by atoms with Gasteiger partial charge in [-0.15, -0.1) is 0 Å². The third-order valence-electron chi connectivity index (χ3n) is 6.24. The van der Waals surface area contributed by atoms with Crippen LogP contribution in [0.1, 0.15) is 93.1 Å². The highest BCUT2D eigenvalue weighted by atomic mass is 28.3. The van der Waals surface area contributed by atoms with E-state index in [9.17, 15) is 4.79 Å². The number of ether oxygens (including phenoxy) is 2.